The van der Waals surface area contributed by atoms with Crippen LogP contribution < -0.4 is 24.0 Å². The summed E-state index contributed by atoms with van der Waals surface area (Å²) in [6.07, 6.45) is 1.40. The van der Waals surface area contributed by atoms with Crippen molar-refractivity contribution in [2.75, 3.05) is 6.54 Å². The maximum atomic E-state index is 5.63. The quantitative estimate of drug-likeness (QED) is 0.450. The average molecular weight is 283 g/mol. The van der Waals surface area contributed by atoms with Gasteiger partial charge in [-0.25, -0.2) is 0 Å². The first-order valence-corrected chi connectivity index (χ1v) is 4.44. The maximum absolute atomic E-state index is 5.63. The predicted octanol–water partition coefficient (Wildman–Crippen LogP) is -1.36. The van der Waals surface area contributed by atoms with Crippen LogP contribution in [0, 0.1) is 0 Å². The molecule has 1 heterocycles. The highest BCUT2D eigenvalue weighted by Gasteiger charge is 2.29. The minimum absolute atomic E-state index is 0. The fourth-order valence-corrected chi connectivity index (χ4v) is 1.50. The highest BCUT2D eigenvalue weighted by Crippen LogP contribution is 2.08. The molecular formula is C9H18INO. The van der Waals surface area contributed by atoms with Gasteiger partial charge in [0.1, 0.15) is 0 Å². The number of hydrogen-bond donors (Lipinski definition) is 0. The molecule has 0 saturated heterocycles. The van der Waals surface area contributed by atoms with E-state index in [2.05, 4.69) is 32.3 Å². The lowest BCUT2D eigenvalue weighted by molar-refractivity contribution is -0.553. The average Bonchev–Trinajstić information content (AvgIpc) is 2.30. The van der Waals surface area contributed by atoms with Crippen LogP contribution in [0.1, 0.15) is 34.1 Å². The van der Waals surface area contributed by atoms with Crippen LogP contribution in [-0.4, -0.2) is 29.2 Å². The molecule has 0 radical (unpaired) electrons. The van der Waals surface area contributed by atoms with Crippen molar-refractivity contribution in [3.05, 3.63) is 0 Å². The van der Waals surface area contributed by atoms with Crippen molar-refractivity contribution in [1.82, 2.24) is 0 Å². The molecule has 0 spiro atoms. The van der Waals surface area contributed by atoms with Crippen LogP contribution in [0.4, 0.5) is 0 Å². The van der Waals surface area contributed by atoms with E-state index < -0.39 is 0 Å². The van der Waals surface area contributed by atoms with Crippen LogP contribution in [0.25, 0.3) is 0 Å². The van der Waals surface area contributed by atoms with E-state index in [0.29, 0.717) is 12.1 Å². The zero-order chi connectivity index (χ0) is 8.43. The molecule has 2 nitrogen and oxygen atoms in total. The van der Waals surface area contributed by atoms with E-state index in [9.17, 15) is 0 Å². The van der Waals surface area contributed by atoms with Crippen molar-refractivity contribution in [3.8, 4) is 0 Å². The summed E-state index contributed by atoms with van der Waals surface area (Å²) in [5.41, 5.74) is 0. The second-order valence-electron chi connectivity index (χ2n) is 3.42. The molecule has 0 aromatic heterocycles. The van der Waals surface area contributed by atoms with Gasteiger partial charge in [-0.2, -0.15) is 4.58 Å². The topological polar surface area (TPSA) is 12.2 Å². The zero-order valence-corrected chi connectivity index (χ0v) is 10.5. The molecule has 1 aliphatic heterocycles. The van der Waals surface area contributed by atoms with Crippen LogP contribution >= 0.6 is 0 Å². The number of halogens is 1. The molecule has 0 fully saturated rings. The van der Waals surface area contributed by atoms with Crippen LogP contribution in [-0.2, 0) is 4.74 Å². The van der Waals surface area contributed by atoms with Gasteiger partial charge in [0.15, 0.2) is 18.7 Å². The molecule has 0 aliphatic carbocycles. The first kappa shape index (κ1) is 12.2. The van der Waals surface area contributed by atoms with Gasteiger partial charge in [-0.05, 0) is 20.8 Å². The normalized spacial score (nSPS) is 22.6. The number of nitrogens with zero attached hydrogens (tertiary/aromatic N) is 1. The second-order valence-corrected chi connectivity index (χ2v) is 3.42. The third-order valence-electron chi connectivity index (χ3n) is 2.04. The van der Waals surface area contributed by atoms with Gasteiger partial charge in [0.05, 0.1) is 6.42 Å². The molecule has 12 heavy (non-hydrogen) atoms. The van der Waals surface area contributed by atoms with Crippen LogP contribution in [0.15, 0.2) is 0 Å². The van der Waals surface area contributed by atoms with E-state index >= 15 is 0 Å². The summed E-state index contributed by atoms with van der Waals surface area (Å²) in [5.74, 6) is 1.16. The Hall–Kier alpha value is 0.200. The van der Waals surface area contributed by atoms with E-state index in [1.54, 1.807) is 0 Å². The van der Waals surface area contributed by atoms with E-state index in [1.165, 1.54) is 0 Å². The molecule has 3 heteroatoms. The molecule has 1 aliphatic rings. The van der Waals surface area contributed by atoms with Crippen molar-refractivity contribution in [2.24, 2.45) is 0 Å². The molecular weight excluding hydrogens is 265 g/mol. The summed E-state index contributed by atoms with van der Waals surface area (Å²) in [6, 6.07) is 0.579. The van der Waals surface area contributed by atoms with Crippen LogP contribution in [0.3, 0.4) is 0 Å². The molecule has 0 aromatic rings. The SMILES string of the molecule is CCC1=[N+](C(C)C)CC(C)O1.[I-]. The molecule has 1 atom stereocenters. The highest BCUT2D eigenvalue weighted by molar-refractivity contribution is 5.71. The van der Waals surface area contributed by atoms with Crippen molar-refractivity contribution in [3.63, 3.8) is 0 Å². The van der Waals surface area contributed by atoms with Crippen LogP contribution in [0.5, 0.6) is 0 Å². The molecule has 72 valence electrons. The lowest BCUT2D eigenvalue weighted by Gasteiger charge is -2.00. The first-order valence-electron chi connectivity index (χ1n) is 4.44. The lowest BCUT2D eigenvalue weighted by Crippen LogP contribution is -3.00. The van der Waals surface area contributed by atoms with Crippen molar-refractivity contribution in [1.29, 1.82) is 0 Å². The zero-order valence-electron chi connectivity index (χ0n) is 8.30. The van der Waals surface area contributed by atoms with Gasteiger partial charge >= 0.3 is 5.90 Å². The van der Waals surface area contributed by atoms with Crippen molar-refractivity contribution >= 4 is 5.90 Å². The smallest absolute Gasteiger partial charge is 0.336 e. The fraction of sp³-hybridized carbons (Fsp3) is 0.889. The maximum Gasteiger partial charge on any atom is 0.336 e. The monoisotopic (exact) mass is 283 g/mol. The molecule has 0 saturated carbocycles. The highest BCUT2D eigenvalue weighted by atomic mass is 127. The molecule has 1 rings (SSSR count). The minimum atomic E-state index is 0. The summed E-state index contributed by atoms with van der Waals surface area (Å²) in [7, 11) is 0. The summed E-state index contributed by atoms with van der Waals surface area (Å²) < 4.78 is 7.96. The molecule has 0 amide bonds. The van der Waals surface area contributed by atoms with Gasteiger partial charge in [0, 0.05) is 0 Å². The third-order valence-corrected chi connectivity index (χ3v) is 2.04. The molecule has 0 bridgehead atoms. The number of rotatable bonds is 2. The molecule has 1 unspecified atom stereocenters. The predicted molar refractivity (Wildman–Crippen MR) is 46.1 cm³/mol. The minimum Gasteiger partial charge on any atom is -1.00 e. The Labute approximate surface area is 92.0 Å². The standard InChI is InChI=1S/C9H18NO.HI/c1-5-9-10(7(2)3)6-8(4)11-9;/h7-8H,5-6H2,1-4H3;1H/q+1;/p-1. The summed E-state index contributed by atoms with van der Waals surface area (Å²) in [6.45, 7) is 9.73. The van der Waals surface area contributed by atoms with Gasteiger partial charge in [-0.3, -0.25) is 0 Å². The largest absolute Gasteiger partial charge is 1.00 e. The van der Waals surface area contributed by atoms with Crippen LogP contribution in [0.2, 0.25) is 0 Å². The Morgan fingerprint density at radius 2 is 2.17 bits per heavy atom. The van der Waals surface area contributed by atoms with Gasteiger partial charge < -0.3 is 28.7 Å². The van der Waals surface area contributed by atoms with Gasteiger partial charge in [0.25, 0.3) is 0 Å². The Balaban J connectivity index is 0.00000121. The Kier molecular flexibility index (Phi) is 5.13. The van der Waals surface area contributed by atoms with Crippen molar-refractivity contribution in [2.45, 2.75) is 46.3 Å². The fourth-order valence-electron chi connectivity index (χ4n) is 1.50. The van der Waals surface area contributed by atoms with Crippen molar-refractivity contribution < 1.29 is 33.3 Å². The second kappa shape index (κ2) is 5.04. The Bertz CT molecular complexity index is 177. The van der Waals surface area contributed by atoms with Gasteiger partial charge in [-0.1, -0.05) is 6.92 Å². The Morgan fingerprint density at radius 3 is 2.50 bits per heavy atom. The Morgan fingerprint density at radius 1 is 1.58 bits per heavy atom. The van der Waals surface area contributed by atoms with E-state index in [-0.39, 0.29) is 24.0 Å². The van der Waals surface area contributed by atoms with Gasteiger partial charge in [-0.15, -0.1) is 0 Å². The van der Waals surface area contributed by atoms with E-state index in [4.69, 9.17) is 4.74 Å². The lowest BCUT2D eigenvalue weighted by atomic mass is 10.3. The summed E-state index contributed by atoms with van der Waals surface area (Å²) in [5, 5.41) is 0. The first-order chi connectivity index (χ1) is 5.15. The number of hydrogen-bond acceptors (Lipinski definition) is 1. The van der Waals surface area contributed by atoms with E-state index in [0.717, 1.165) is 18.9 Å². The summed E-state index contributed by atoms with van der Waals surface area (Å²) >= 11 is 0. The summed E-state index contributed by atoms with van der Waals surface area (Å²) in [4.78, 5) is 0. The molecule has 0 N–H and O–H groups in total. The van der Waals surface area contributed by atoms with E-state index in [1.807, 2.05) is 0 Å². The molecule has 0 aromatic carbocycles. The number of ether oxygens (including phenoxy) is 1. The third kappa shape index (κ3) is 2.61. The van der Waals surface area contributed by atoms with Gasteiger partial charge in [0.2, 0.25) is 0 Å².